The third kappa shape index (κ3) is 4.71. The summed E-state index contributed by atoms with van der Waals surface area (Å²) in [5, 5.41) is 11.2. The van der Waals surface area contributed by atoms with Crippen molar-refractivity contribution in [2.24, 2.45) is 34.5 Å². The minimum absolute atomic E-state index is 0.00212. The average molecular weight is 561 g/mol. The van der Waals surface area contributed by atoms with Crippen molar-refractivity contribution in [1.29, 1.82) is 0 Å². The van der Waals surface area contributed by atoms with Crippen LogP contribution in [0.15, 0.2) is 60.7 Å². The molecule has 5 nitrogen and oxygen atoms in total. The summed E-state index contributed by atoms with van der Waals surface area (Å²) < 4.78 is 27.4. The Labute approximate surface area is 245 Å². The van der Waals surface area contributed by atoms with Crippen molar-refractivity contribution in [3.8, 4) is 0 Å². The summed E-state index contributed by atoms with van der Waals surface area (Å²) in [5.74, 6) is 0.936. The molecule has 41 heavy (non-hydrogen) atoms. The fourth-order valence-corrected chi connectivity index (χ4v) is 10.1. The number of rotatable bonds is 6. The zero-order valence-corrected chi connectivity index (χ0v) is 25.2. The van der Waals surface area contributed by atoms with Crippen LogP contribution in [0.4, 0.5) is 0 Å². The molecule has 5 aliphatic rings. The van der Waals surface area contributed by atoms with Gasteiger partial charge in [-0.25, -0.2) is 0 Å². The Morgan fingerprint density at radius 2 is 1.37 bits per heavy atom. The van der Waals surface area contributed by atoms with Crippen LogP contribution < -0.4 is 0 Å². The Hall–Kier alpha value is -1.76. The van der Waals surface area contributed by atoms with Gasteiger partial charge in [-0.2, -0.15) is 0 Å². The Morgan fingerprint density at radius 3 is 2.05 bits per heavy atom. The largest absolute Gasteiger partial charge is 0.393 e. The predicted octanol–water partition coefficient (Wildman–Crippen LogP) is 6.91. The first kappa shape index (κ1) is 28.0. The van der Waals surface area contributed by atoms with Gasteiger partial charge in [-0.15, -0.1) is 0 Å². The first-order valence-electron chi connectivity index (χ1n) is 16.0. The van der Waals surface area contributed by atoms with Gasteiger partial charge >= 0.3 is 0 Å². The molecule has 2 aromatic carbocycles. The second-order valence-corrected chi connectivity index (χ2v) is 14.6. The summed E-state index contributed by atoms with van der Waals surface area (Å²) in [7, 11) is 0. The second kappa shape index (κ2) is 10.4. The van der Waals surface area contributed by atoms with E-state index in [4.69, 9.17) is 18.9 Å². The zero-order valence-electron chi connectivity index (χ0n) is 25.2. The number of fused-ring (bicyclic) bond motifs is 8. The molecule has 1 saturated heterocycles. The SMILES string of the molecule is CC1(C)O[C@@H]2C3C(CC[C@@]4(C)C3CC[C@@H]4O)[C@]3(C)C(C[C@H](OCc4ccccc4)C[C@@H]3OCc3ccccc3)[C@H]2O1. The van der Waals surface area contributed by atoms with Crippen LogP contribution in [0.25, 0.3) is 0 Å². The van der Waals surface area contributed by atoms with Crippen LogP contribution in [0.2, 0.25) is 0 Å². The molecule has 11 atom stereocenters. The minimum Gasteiger partial charge on any atom is -0.393 e. The summed E-state index contributed by atoms with van der Waals surface area (Å²) in [6.07, 6.45) is 5.98. The average Bonchev–Trinajstić information content (AvgIpc) is 3.46. The van der Waals surface area contributed by atoms with Crippen LogP contribution in [0.3, 0.4) is 0 Å². The summed E-state index contributed by atoms with van der Waals surface area (Å²) in [5.41, 5.74) is 2.31. The van der Waals surface area contributed by atoms with Gasteiger partial charge in [0.2, 0.25) is 0 Å². The highest BCUT2D eigenvalue weighted by Crippen LogP contribution is 2.69. The van der Waals surface area contributed by atoms with E-state index in [0.717, 1.165) is 38.5 Å². The van der Waals surface area contributed by atoms with Crippen molar-refractivity contribution >= 4 is 0 Å². The molecule has 0 spiro atoms. The quantitative estimate of drug-likeness (QED) is 0.416. The lowest BCUT2D eigenvalue weighted by atomic mass is 9.43. The van der Waals surface area contributed by atoms with E-state index in [-0.39, 0.29) is 47.3 Å². The van der Waals surface area contributed by atoms with E-state index in [9.17, 15) is 5.11 Å². The Morgan fingerprint density at radius 1 is 0.732 bits per heavy atom. The van der Waals surface area contributed by atoms with Gasteiger partial charge < -0.3 is 24.1 Å². The van der Waals surface area contributed by atoms with Crippen LogP contribution in [0.1, 0.15) is 77.3 Å². The number of aliphatic hydroxyl groups is 1. The maximum atomic E-state index is 11.2. The molecular weight excluding hydrogens is 512 g/mol. The van der Waals surface area contributed by atoms with Gasteiger partial charge in [0.15, 0.2) is 5.79 Å². The zero-order chi connectivity index (χ0) is 28.4. The first-order chi connectivity index (χ1) is 19.7. The lowest BCUT2D eigenvalue weighted by Gasteiger charge is -2.65. The maximum absolute atomic E-state index is 11.2. The second-order valence-electron chi connectivity index (χ2n) is 14.6. The third-order valence-corrected chi connectivity index (χ3v) is 12.1. The highest BCUT2D eigenvalue weighted by molar-refractivity contribution is 5.19. The van der Waals surface area contributed by atoms with E-state index in [1.54, 1.807) is 0 Å². The van der Waals surface area contributed by atoms with Crippen molar-refractivity contribution in [1.82, 2.24) is 0 Å². The van der Waals surface area contributed by atoms with Crippen LogP contribution >= 0.6 is 0 Å². The van der Waals surface area contributed by atoms with E-state index >= 15 is 0 Å². The van der Waals surface area contributed by atoms with E-state index in [2.05, 4.69) is 88.4 Å². The van der Waals surface area contributed by atoms with Gasteiger partial charge in [0.25, 0.3) is 0 Å². The van der Waals surface area contributed by atoms with Gasteiger partial charge in [0.1, 0.15) is 0 Å². The van der Waals surface area contributed by atoms with E-state index in [1.807, 2.05) is 0 Å². The molecule has 5 heteroatoms. The Balaban J connectivity index is 1.24. The minimum atomic E-state index is -0.617. The van der Waals surface area contributed by atoms with E-state index < -0.39 is 5.79 Å². The van der Waals surface area contributed by atoms with Crippen LogP contribution in [-0.4, -0.2) is 41.4 Å². The van der Waals surface area contributed by atoms with Crippen LogP contribution in [-0.2, 0) is 32.2 Å². The van der Waals surface area contributed by atoms with Gasteiger partial charge in [-0.3, -0.25) is 0 Å². The molecule has 7 rings (SSSR count). The maximum Gasteiger partial charge on any atom is 0.163 e. The van der Waals surface area contributed by atoms with Gasteiger partial charge in [-0.05, 0) is 86.2 Å². The van der Waals surface area contributed by atoms with Crippen LogP contribution in [0.5, 0.6) is 0 Å². The fourth-order valence-electron chi connectivity index (χ4n) is 10.1. The smallest absolute Gasteiger partial charge is 0.163 e. The van der Waals surface area contributed by atoms with Crippen molar-refractivity contribution < 1.29 is 24.1 Å². The fraction of sp³-hybridized carbons (Fsp3) is 0.667. The molecule has 1 aliphatic heterocycles. The van der Waals surface area contributed by atoms with E-state index in [0.29, 0.717) is 31.0 Å². The molecular formula is C36H48O5. The highest BCUT2D eigenvalue weighted by Gasteiger charge is 2.70. The van der Waals surface area contributed by atoms with Crippen molar-refractivity contribution in [2.45, 2.75) is 116 Å². The topological polar surface area (TPSA) is 57.2 Å². The Bertz CT molecular complexity index is 1200. The lowest BCUT2D eigenvalue weighted by molar-refractivity contribution is -0.244. The molecule has 1 N–H and O–H groups in total. The summed E-state index contributed by atoms with van der Waals surface area (Å²) in [6.45, 7) is 10.2. The monoisotopic (exact) mass is 560 g/mol. The first-order valence-corrected chi connectivity index (χ1v) is 16.0. The number of hydrogen-bond acceptors (Lipinski definition) is 5. The summed E-state index contributed by atoms with van der Waals surface area (Å²) in [6, 6.07) is 21.1. The molecule has 5 fully saturated rings. The number of aliphatic hydroxyl groups excluding tert-OH is 1. The molecule has 4 aliphatic carbocycles. The van der Waals surface area contributed by atoms with Crippen molar-refractivity contribution in [3.63, 3.8) is 0 Å². The number of benzene rings is 2. The predicted molar refractivity (Wildman–Crippen MR) is 158 cm³/mol. The van der Waals surface area contributed by atoms with Gasteiger partial charge in [0.05, 0.1) is 43.7 Å². The molecule has 222 valence electrons. The third-order valence-electron chi connectivity index (χ3n) is 12.1. The molecule has 4 saturated carbocycles. The lowest BCUT2D eigenvalue weighted by Crippen LogP contribution is -2.67. The van der Waals surface area contributed by atoms with Crippen molar-refractivity contribution in [2.75, 3.05) is 0 Å². The molecule has 0 bridgehead atoms. The van der Waals surface area contributed by atoms with Gasteiger partial charge in [-0.1, -0.05) is 74.5 Å². The van der Waals surface area contributed by atoms with Crippen LogP contribution in [0, 0.1) is 34.5 Å². The molecule has 0 radical (unpaired) electrons. The van der Waals surface area contributed by atoms with Gasteiger partial charge in [0, 0.05) is 11.8 Å². The summed E-state index contributed by atoms with van der Waals surface area (Å²) in [4.78, 5) is 0. The summed E-state index contributed by atoms with van der Waals surface area (Å²) >= 11 is 0. The molecule has 0 amide bonds. The standard InChI is InChI=1S/C36H48O5/c1-34(2)40-32-28-19-25(38-21-23-11-7-5-8-12-23)20-30(39-22-24-13-9-6-10-14-24)36(28,4)27-17-18-35(3)26(15-16-29(35)37)31(27)33(32)41-34/h5-14,25-33,37H,15-22H2,1-4H3/t25-,26?,27?,28?,29-,30-,31?,32+,33+,35-,36+/m0/s1. The van der Waals surface area contributed by atoms with Crippen molar-refractivity contribution in [3.05, 3.63) is 71.8 Å². The molecule has 0 aromatic heterocycles. The molecule has 1 heterocycles. The molecule has 4 unspecified atom stereocenters. The number of ether oxygens (including phenoxy) is 4. The number of hydrogen-bond donors (Lipinski definition) is 1. The van der Waals surface area contributed by atoms with E-state index in [1.165, 1.54) is 11.1 Å². The molecule has 2 aromatic rings. The normalized spacial score (nSPS) is 44.5. The Kier molecular flexibility index (Phi) is 7.15. The highest BCUT2D eigenvalue weighted by atomic mass is 16.8.